The number of rotatable bonds is 3. The molecule has 2 aliphatic rings. The minimum absolute atomic E-state index is 0.149. The van der Waals surface area contributed by atoms with E-state index < -0.39 is 0 Å². The summed E-state index contributed by atoms with van der Waals surface area (Å²) in [5, 5.41) is 6.62. The van der Waals surface area contributed by atoms with Crippen LogP contribution in [0.3, 0.4) is 0 Å². The average Bonchev–Trinajstić information content (AvgIpc) is 2.82. The first-order valence-electron chi connectivity index (χ1n) is 7.58. The van der Waals surface area contributed by atoms with Gasteiger partial charge in [-0.3, -0.25) is 9.79 Å². The van der Waals surface area contributed by atoms with E-state index in [1.54, 1.807) is 0 Å². The quantitative estimate of drug-likeness (QED) is 0.876. The molecule has 0 aliphatic carbocycles. The van der Waals surface area contributed by atoms with Crippen molar-refractivity contribution < 1.29 is 4.79 Å². The van der Waals surface area contributed by atoms with Crippen molar-refractivity contribution in [2.75, 3.05) is 26.7 Å². The van der Waals surface area contributed by atoms with Crippen molar-refractivity contribution in [1.29, 1.82) is 0 Å². The normalized spacial score (nSPS) is 25.5. The first-order chi connectivity index (χ1) is 10.3. The SMILES string of the molecule is CN1C(=O)C[C@@H](CNC2=NCCCN2)[C@@H]1c1ccccc1. The Kier molecular flexibility index (Phi) is 4.08. The van der Waals surface area contributed by atoms with E-state index >= 15 is 0 Å². The number of carbonyl (C=O) groups is 1. The van der Waals surface area contributed by atoms with Crippen LogP contribution in [0.5, 0.6) is 0 Å². The Hall–Kier alpha value is -2.04. The first kappa shape index (κ1) is 13.9. The minimum atomic E-state index is 0.149. The number of amides is 1. The van der Waals surface area contributed by atoms with Crippen molar-refractivity contribution in [3.05, 3.63) is 35.9 Å². The van der Waals surface area contributed by atoms with Gasteiger partial charge in [0.25, 0.3) is 0 Å². The van der Waals surface area contributed by atoms with E-state index in [9.17, 15) is 4.79 Å². The van der Waals surface area contributed by atoms with E-state index in [1.807, 2.05) is 30.1 Å². The fraction of sp³-hybridized carbons (Fsp3) is 0.500. The molecule has 2 aliphatic heterocycles. The number of carbonyl (C=O) groups excluding carboxylic acids is 1. The summed E-state index contributed by atoms with van der Waals surface area (Å²) in [6.07, 6.45) is 1.68. The number of nitrogens with zero attached hydrogens (tertiary/aromatic N) is 2. The van der Waals surface area contributed by atoms with E-state index in [4.69, 9.17) is 0 Å². The molecule has 5 heteroatoms. The lowest BCUT2D eigenvalue weighted by atomic mass is 9.94. The molecule has 21 heavy (non-hydrogen) atoms. The van der Waals surface area contributed by atoms with E-state index in [0.29, 0.717) is 6.42 Å². The highest BCUT2D eigenvalue weighted by Gasteiger charge is 2.38. The zero-order valence-electron chi connectivity index (χ0n) is 12.4. The second-order valence-electron chi connectivity index (χ2n) is 5.72. The van der Waals surface area contributed by atoms with Crippen molar-refractivity contribution in [2.24, 2.45) is 10.9 Å². The average molecular weight is 286 g/mol. The molecule has 3 rings (SSSR count). The smallest absolute Gasteiger partial charge is 0.223 e. The van der Waals surface area contributed by atoms with Crippen LogP contribution in [-0.2, 0) is 4.79 Å². The number of likely N-dealkylation sites (tertiary alicyclic amines) is 1. The number of hydrogen-bond donors (Lipinski definition) is 2. The third-order valence-corrected chi connectivity index (χ3v) is 4.26. The van der Waals surface area contributed by atoms with E-state index in [2.05, 4.69) is 27.8 Å². The van der Waals surface area contributed by atoms with Crippen LogP contribution in [0.15, 0.2) is 35.3 Å². The molecule has 1 aromatic carbocycles. The van der Waals surface area contributed by atoms with Gasteiger partial charge in [-0.25, -0.2) is 0 Å². The lowest BCUT2D eigenvalue weighted by molar-refractivity contribution is -0.127. The minimum Gasteiger partial charge on any atom is -0.356 e. The van der Waals surface area contributed by atoms with Crippen LogP contribution in [0.2, 0.25) is 0 Å². The lowest BCUT2D eigenvalue weighted by Gasteiger charge is -2.26. The Morgan fingerprint density at radius 3 is 2.90 bits per heavy atom. The molecule has 112 valence electrons. The fourth-order valence-corrected chi connectivity index (χ4v) is 3.16. The van der Waals surface area contributed by atoms with Crippen LogP contribution >= 0.6 is 0 Å². The monoisotopic (exact) mass is 286 g/mol. The molecule has 1 aromatic rings. The zero-order chi connectivity index (χ0) is 14.7. The molecule has 0 radical (unpaired) electrons. The van der Waals surface area contributed by atoms with Gasteiger partial charge in [-0.2, -0.15) is 0 Å². The second kappa shape index (κ2) is 6.16. The molecule has 2 N–H and O–H groups in total. The van der Waals surface area contributed by atoms with Crippen LogP contribution in [0.25, 0.3) is 0 Å². The van der Waals surface area contributed by atoms with Gasteiger partial charge in [0.2, 0.25) is 5.91 Å². The summed E-state index contributed by atoms with van der Waals surface area (Å²) in [5.74, 6) is 1.36. The van der Waals surface area contributed by atoms with Gasteiger partial charge in [0.1, 0.15) is 0 Å². The summed E-state index contributed by atoms with van der Waals surface area (Å²) < 4.78 is 0. The highest BCUT2D eigenvalue weighted by molar-refractivity contribution is 5.81. The van der Waals surface area contributed by atoms with Gasteiger partial charge in [-0.15, -0.1) is 0 Å². The van der Waals surface area contributed by atoms with Crippen LogP contribution < -0.4 is 10.6 Å². The first-order valence-corrected chi connectivity index (χ1v) is 7.58. The maximum absolute atomic E-state index is 12.1. The van der Waals surface area contributed by atoms with E-state index in [0.717, 1.165) is 32.0 Å². The molecule has 0 aromatic heterocycles. The molecule has 0 bridgehead atoms. The topological polar surface area (TPSA) is 56.7 Å². The lowest BCUT2D eigenvalue weighted by Crippen LogP contribution is -2.43. The maximum Gasteiger partial charge on any atom is 0.223 e. The molecular formula is C16H22N4O. The third kappa shape index (κ3) is 3.01. The van der Waals surface area contributed by atoms with Crippen LogP contribution in [-0.4, -0.2) is 43.4 Å². The van der Waals surface area contributed by atoms with Gasteiger partial charge in [0.05, 0.1) is 6.04 Å². The highest BCUT2D eigenvalue weighted by Crippen LogP contribution is 2.36. The predicted molar refractivity (Wildman–Crippen MR) is 83.0 cm³/mol. The van der Waals surface area contributed by atoms with E-state index in [1.165, 1.54) is 5.56 Å². The van der Waals surface area contributed by atoms with Crippen molar-refractivity contribution >= 4 is 11.9 Å². The van der Waals surface area contributed by atoms with Crippen LogP contribution in [0, 0.1) is 5.92 Å². The van der Waals surface area contributed by atoms with Gasteiger partial charge in [-0.1, -0.05) is 30.3 Å². The Bertz CT molecular complexity index is 528. The Balaban J connectivity index is 1.70. The number of guanidine groups is 1. The van der Waals surface area contributed by atoms with Crippen molar-refractivity contribution in [3.63, 3.8) is 0 Å². The summed E-state index contributed by atoms with van der Waals surface area (Å²) in [5.41, 5.74) is 1.20. The molecule has 1 fully saturated rings. The summed E-state index contributed by atoms with van der Waals surface area (Å²) in [6, 6.07) is 10.4. The van der Waals surface area contributed by atoms with Gasteiger partial charge < -0.3 is 15.5 Å². The summed E-state index contributed by atoms with van der Waals surface area (Å²) in [6.45, 7) is 2.61. The number of nitrogens with one attached hydrogen (secondary N) is 2. The van der Waals surface area contributed by atoms with Crippen molar-refractivity contribution in [2.45, 2.75) is 18.9 Å². The second-order valence-corrected chi connectivity index (χ2v) is 5.72. The van der Waals surface area contributed by atoms with Crippen LogP contribution in [0.4, 0.5) is 0 Å². The van der Waals surface area contributed by atoms with Gasteiger partial charge in [-0.05, 0) is 12.0 Å². The molecule has 0 unspecified atom stereocenters. The highest BCUT2D eigenvalue weighted by atomic mass is 16.2. The largest absolute Gasteiger partial charge is 0.356 e. The molecule has 2 atom stereocenters. The Morgan fingerprint density at radius 2 is 2.19 bits per heavy atom. The predicted octanol–water partition coefficient (Wildman–Crippen LogP) is 1.14. The molecule has 2 heterocycles. The maximum atomic E-state index is 12.1. The third-order valence-electron chi connectivity index (χ3n) is 4.26. The standard InChI is InChI=1S/C16H22N4O/c1-20-14(21)10-13(11-19-16-17-8-5-9-18-16)15(20)12-6-3-2-4-7-12/h2-4,6-7,13,15H,5,8-11H2,1H3,(H2,17,18,19)/t13-,15-/m0/s1. The van der Waals surface area contributed by atoms with Crippen LogP contribution in [0.1, 0.15) is 24.4 Å². The zero-order valence-corrected chi connectivity index (χ0v) is 12.4. The van der Waals surface area contributed by atoms with Gasteiger partial charge in [0, 0.05) is 39.0 Å². The number of aliphatic imine (C=N–C) groups is 1. The summed E-state index contributed by atoms with van der Waals surface area (Å²) in [4.78, 5) is 18.4. The molecule has 5 nitrogen and oxygen atoms in total. The molecule has 1 saturated heterocycles. The molecule has 1 amide bonds. The van der Waals surface area contributed by atoms with Gasteiger partial charge >= 0.3 is 0 Å². The molecule has 0 spiro atoms. The van der Waals surface area contributed by atoms with E-state index in [-0.39, 0.29) is 17.9 Å². The number of hydrogen-bond acceptors (Lipinski definition) is 4. The Labute approximate surface area is 125 Å². The summed E-state index contributed by atoms with van der Waals surface area (Å²) in [7, 11) is 1.90. The summed E-state index contributed by atoms with van der Waals surface area (Å²) >= 11 is 0. The number of benzene rings is 1. The van der Waals surface area contributed by atoms with Gasteiger partial charge in [0.15, 0.2) is 5.96 Å². The van der Waals surface area contributed by atoms with Crippen molar-refractivity contribution in [3.8, 4) is 0 Å². The molecular weight excluding hydrogens is 264 g/mol. The Morgan fingerprint density at radius 1 is 1.38 bits per heavy atom. The van der Waals surface area contributed by atoms with Crippen molar-refractivity contribution in [1.82, 2.24) is 15.5 Å². The fourth-order valence-electron chi connectivity index (χ4n) is 3.16. The molecule has 0 saturated carbocycles.